The predicted molar refractivity (Wildman–Crippen MR) is 91.3 cm³/mol. The number of methoxy groups -OCH3 is 1. The smallest absolute Gasteiger partial charge is 0.275 e. The number of amidine groups is 1. The summed E-state index contributed by atoms with van der Waals surface area (Å²) in [7, 11) is 1.60. The zero-order valence-corrected chi connectivity index (χ0v) is 13.3. The number of aliphatic imine (C=N–C) groups is 1. The molecule has 0 aliphatic carbocycles. The molecule has 0 atom stereocenters. The fourth-order valence-electron chi connectivity index (χ4n) is 2.44. The van der Waals surface area contributed by atoms with E-state index in [1.807, 2.05) is 24.3 Å². The van der Waals surface area contributed by atoms with Crippen LogP contribution in [0.5, 0.6) is 5.75 Å². The lowest BCUT2D eigenvalue weighted by molar-refractivity contribution is -0.115. The van der Waals surface area contributed by atoms with Crippen LogP contribution < -0.4 is 10.1 Å². The Bertz CT molecular complexity index is 810. The SMILES string of the molecule is COc1cccc(/C=C2/N=C(CCc3ccc(F)cc3)NC2=O)c1. The molecule has 0 spiro atoms. The molecule has 1 N–H and O–H groups in total. The number of carbonyl (C=O) groups excluding carboxylic acids is 1. The number of benzene rings is 2. The standard InChI is InChI=1S/C19H17FN2O2/c1-24-16-4-2-3-14(11-16)12-17-19(23)22-18(21-17)10-7-13-5-8-15(20)9-6-13/h2-6,8-9,11-12H,7,10H2,1H3,(H,21,22,23)/b17-12+. The monoisotopic (exact) mass is 324 g/mol. The summed E-state index contributed by atoms with van der Waals surface area (Å²) in [4.78, 5) is 16.4. The topological polar surface area (TPSA) is 50.7 Å². The average Bonchev–Trinajstić information content (AvgIpc) is 2.94. The first kappa shape index (κ1) is 15.9. The van der Waals surface area contributed by atoms with Gasteiger partial charge in [0.05, 0.1) is 7.11 Å². The van der Waals surface area contributed by atoms with E-state index in [9.17, 15) is 9.18 Å². The van der Waals surface area contributed by atoms with Gasteiger partial charge in [-0.15, -0.1) is 0 Å². The molecule has 0 unspecified atom stereocenters. The summed E-state index contributed by atoms with van der Waals surface area (Å²) < 4.78 is 18.1. The number of rotatable bonds is 5. The summed E-state index contributed by atoms with van der Waals surface area (Å²) >= 11 is 0. The van der Waals surface area contributed by atoms with Crippen LogP contribution in [0, 0.1) is 5.82 Å². The Labute approximate surface area is 139 Å². The van der Waals surface area contributed by atoms with Crippen molar-refractivity contribution in [3.05, 3.63) is 71.2 Å². The van der Waals surface area contributed by atoms with E-state index in [1.165, 1.54) is 12.1 Å². The second-order valence-electron chi connectivity index (χ2n) is 5.45. The van der Waals surface area contributed by atoms with Gasteiger partial charge in [0.1, 0.15) is 23.1 Å². The van der Waals surface area contributed by atoms with Crippen LogP contribution in [0.4, 0.5) is 4.39 Å². The van der Waals surface area contributed by atoms with Crippen LogP contribution in [-0.2, 0) is 11.2 Å². The maximum absolute atomic E-state index is 12.9. The number of nitrogens with zero attached hydrogens (tertiary/aromatic N) is 1. The summed E-state index contributed by atoms with van der Waals surface area (Å²) in [6, 6.07) is 13.8. The molecule has 1 heterocycles. The first-order valence-electron chi connectivity index (χ1n) is 7.63. The Balaban J connectivity index is 1.70. The quantitative estimate of drug-likeness (QED) is 0.858. The molecular formula is C19H17FN2O2. The Hall–Kier alpha value is -2.95. The lowest BCUT2D eigenvalue weighted by atomic mass is 10.1. The molecule has 2 aromatic carbocycles. The number of ether oxygens (including phenoxy) is 1. The molecular weight excluding hydrogens is 307 g/mol. The normalized spacial score (nSPS) is 15.3. The third-order valence-electron chi connectivity index (χ3n) is 3.71. The van der Waals surface area contributed by atoms with Crippen molar-refractivity contribution in [2.75, 3.05) is 7.11 Å². The molecule has 0 saturated heterocycles. The number of halogens is 1. The molecule has 4 nitrogen and oxygen atoms in total. The van der Waals surface area contributed by atoms with Gasteiger partial charge in [-0.3, -0.25) is 4.79 Å². The van der Waals surface area contributed by atoms with Gasteiger partial charge >= 0.3 is 0 Å². The maximum Gasteiger partial charge on any atom is 0.275 e. The van der Waals surface area contributed by atoms with Crippen LogP contribution in [0.2, 0.25) is 0 Å². The van der Waals surface area contributed by atoms with Crippen LogP contribution in [0.1, 0.15) is 17.5 Å². The molecule has 0 fully saturated rings. The highest BCUT2D eigenvalue weighted by Gasteiger charge is 2.19. The molecule has 1 aliphatic heterocycles. The van der Waals surface area contributed by atoms with E-state index in [0.29, 0.717) is 24.4 Å². The first-order chi connectivity index (χ1) is 11.6. The Morgan fingerprint density at radius 3 is 2.71 bits per heavy atom. The summed E-state index contributed by atoms with van der Waals surface area (Å²) in [6.45, 7) is 0. The number of hydrogen-bond acceptors (Lipinski definition) is 3. The number of carbonyl (C=O) groups is 1. The highest BCUT2D eigenvalue weighted by Crippen LogP contribution is 2.18. The Kier molecular flexibility index (Phi) is 4.70. The summed E-state index contributed by atoms with van der Waals surface area (Å²) in [5, 5.41) is 2.77. The van der Waals surface area contributed by atoms with Crippen LogP contribution in [0.15, 0.2) is 59.2 Å². The van der Waals surface area contributed by atoms with Gasteiger partial charge in [0.25, 0.3) is 5.91 Å². The van der Waals surface area contributed by atoms with Crippen molar-refractivity contribution in [1.82, 2.24) is 5.32 Å². The van der Waals surface area contributed by atoms with Crippen molar-refractivity contribution < 1.29 is 13.9 Å². The summed E-state index contributed by atoms with van der Waals surface area (Å²) in [5.41, 5.74) is 2.22. The second kappa shape index (κ2) is 7.08. The van der Waals surface area contributed by atoms with E-state index in [4.69, 9.17) is 4.74 Å². The maximum atomic E-state index is 12.9. The molecule has 3 rings (SSSR count). The fraction of sp³-hybridized carbons (Fsp3) is 0.158. The first-order valence-corrected chi connectivity index (χ1v) is 7.63. The second-order valence-corrected chi connectivity index (χ2v) is 5.45. The van der Waals surface area contributed by atoms with Gasteiger partial charge in [0.2, 0.25) is 0 Å². The van der Waals surface area contributed by atoms with E-state index < -0.39 is 0 Å². The minimum atomic E-state index is -0.256. The van der Waals surface area contributed by atoms with Crippen molar-refractivity contribution in [2.24, 2.45) is 4.99 Å². The van der Waals surface area contributed by atoms with E-state index in [2.05, 4.69) is 10.3 Å². The molecule has 0 radical (unpaired) electrons. The summed E-state index contributed by atoms with van der Waals surface area (Å²) in [5.74, 6) is 0.877. The number of hydrogen-bond donors (Lipinski definition) is 1. The number of aryl methyl sites for hydroxylation is 1. The lowest BCUT2D eigenvalue weighted by Crippen LogP contribution is -2.24. The Morgan fingerprint density at radius 1 is 1.17 bits per heavy atom. The van der Waals surface area contributed by atoms with Gasteiger partial charge in [-0.2, -0.15) is 0 Å². The van der Waals surface area contributed by atoms with E-state index in [0.717, 1.165) is 16.9 Å². The van der Waals surface area contributed by atoms with E-state index >= 15 is 0 Å². The molecule has 0 saturated carbocycles. The van der Waals surface area contributed by atoms with Crippen molar-refractivity contribution in [2.45, 2.75) is 12.8 Å². The van der Waals surface area contributed by atoms with Crippen LogP contribution in [0.25, 0.3) is 6.08 Å². The van der Waals surface area contributed by atoms with Crippen molar-refractivity contribution in [1.29, 1.82) is 0 Å². The van der Waals surface area contributed by atoms with Crippen LogP contribution in [0.3, 0.4) is 0 Å². The molecule has 5 heteroatoms. The van der Waals surface area contributed by atoms with Gasteiger partial charge in [-0.25, -0.2) is 9.38 Å². The molecule has 122 valence electrons. The van der Waals surface area contributed by atoms with Gasteiger partial charge in [0.15, 0.2) is 0 Å². The molecule has 0 bridgehead atoms. The highest BCUT2D eigenvalue weighted by atomic mass is 19.1. The number of nitrogens with one attached hydrogen (secondary N) is 1. The summed E-state index contributed by atoms with van der Waals surface area (Å²) in [6.07, 6.45) is 3.00. The van der Waals surface area contributed by atoms with Crippen LogP contribution in [-0.4, -0.2) is 18.9 Å². The Morgan fingerprint density at radius 2 is 1.96 bits per heavy atom. The van der Waals surface area contributed by atoms with Gasteiger partial charge in [-0.05, 0) is 47.9 Å². The average molecular weight is 324 g/mol. The third kappa shape index (κ3) is 3.87. The minimum Gasteiger partial charge on any atom is -0.497 e. The fourth-order valence-corrected chi connectivity index (χ4v) is 2.44. The van der Waals surface area contributed by atoms with Gasteiger partial charge in [-0.1, -0.05) is 24.3 Å². The van der Waals surface area contributed by atoms with E-state index in [1.54, 1.807) is 25.3 Å². The molecule has 0 aromatic heterocycles. The molecule has 2 aromatic rings. The number of amides is 1. The minimum absolute atomic E-state index is 0.216. The van der Waals surface area contributed by atoms with Gasteiger partial charge in [0, 0.05) is 6.42 Å². The van der Waals surface area contributed by atoms with E-state index in [-0.39, 0.29) is 11.7 Å². The van der Waals surface area contributed by atoms with Crippen molar-refractivity contribution in [3.8, 4) is 5.75 Å². The van der Waals surface area contributed by atoms with Crippen molar-refractivity contribution >= 4 is 17.8 Å². The third-order valence-corrected chi connectivity index (χ3v) is 3.71. The van der Waals surface area contributed by atoms with Gasteiger partial charge < -0.3 is 10.1 Å². The highest BCUT2D eigenvalue weighted by molar-refractivity contribution is 6.14. The molecule has 1 amide bonds. The molecule has 1 aliphatic rings. The lowest BCUT2D eigenvalue weighted by Gasteiger charge is -2.01. The predicted octanol–water partition coefficient (Wildman–Crippen LogP) is 3.34. The largest absolute Gasteiger partial charge is 0.497 e. The van der Waals surface area contributed by atoms with Crippen LogP contribution >= 0.6 is 0 Å². The molecule has 24 heavy (non-hydrogen) atoms. The zero-order valence-electron chi connectivity index (χ0n) is 13.3. The van der Waals surface area contributed by atoms with Crippen molar-refractivity contribution in [3.63, 3.8) is 0 Å². The zero-order chi connectivity index (χ0) is 16.9.